The summed E-state index contributed by atoms with van der Waals surface area (Å²) < 4.78 is 0. The first-order valence-corrected chi connectivity index (χ1v) is 7.10. The van der Waals surface area contributed by atoms with Crippen LogP contribution in [-0.2, 0) is 19.6 Å². The molecule has 0 aliphatic heterocycles. The van der Waals surface area contributed by atoms with Gasteiger partial charge < -0.3 is 15.2 Å². The highest BCUT2D eigenvalue weighted by Crippen LogP contribution is 2.11. The van der Waals surface area contributed by atoms with Crippen LogP contribution in [0.15, 0.2) is 0 Å². The Balaban J connectivity index is 2.17. The van der Waals surface area contributed by atoms with Crippen molar-refractivity contribution in [2.45, 2.75) is 71.5 Å². The third kappa shape index (κ3) is 5.19. The highest BCUT2D eigenvalue weighted by Gasteiger charge is 2.07. The second-order valence-electron chi connectivity index (χ2n) is 4.80. The molecule has 1 aromatic heterocycles. The van der Waals surface area contributed by atoms with Gasteiger partial charge >= 0.3 is 0 Å². The van der Waals surface area contributed by atoms with E-state index in [0.29, 0.717) is 11.4 Å². The van der Waals surface area contributed by atoms with Gasteiger partial charge in [0.2, 0.25) is 0 Å². The zero-order chi connectivity index (χ0) is 13.2. The maximum atomic E-state index is 9.07. The van der Waals surface area contributed by atoms with E-state index in [4.69, 9.17) is 10.2 Å². The average molecular weight is 254 g/mol. The molecule has 0 atom stereocenters. The van der Waals surface area contributed by atoms with Crippen molar-refractivity contribution in [2.24, 2.45) is 0 Å². The largest absolute Gasteiger partial charge is 0.390 e. The Hall–Kier alpha value is -0.870. The highest BCUT2D eigenvalue weighted by atomic mass is 16.3. The number of hydrogen-bond acceptors (Lipinski definition) is 3. The number of rotatable bonds is 10. The molecule has 4 heteroatoms. The van der Waals surface area contributed by atoms with Crippen molar-refractivity contribution in [2.75, 3.05) is 0 Å². The minimum Gasteiger partial charge on any atom is -0.390 e. The summed E-state index contributed by atoms with van der Waals surface area (Å²) in [7, 11) is 0. The number of aromatic amines is 1. The number of H-pyrrole nitrogens is 1. The second-order valence-corrected chi connectivity index (χ2v) is 4.80. The Bertz CT molecular complexity index is 302. The van der Waals surface area contributed by atoms with Gasteiger partial charge in [-0.1, -0.05) is 45.4 Å². The number of aliphatic hydroxyl groups is 2. The lowest BCUT2D eigenvalue weighted by Crippen LogP contribution is -1.91. The van der Waals surface area contributed by atoms with E-state index in [1.807, 2.05) is 0 Å². The van der Waals surface area contributed by atoms with Gasteiger partial charge in [-0.25, -0.2) is 4.98 Å². The van der Waals surface area contributed by atoms with Gasteiger partial charge in [-0.05, 0) is 6.42 Å². The zero-order valence-corrected chi connectivity index (χ0v) is 11.4. The predicted molar refractivity (Wildman–Crippen MR) is 72.1 cm³/mol. The molecular formula is C14H26N2O2. The van der Waals surface area contributed by atoms with Crippen molar-refractivity contribution >= 4 is 0 Å². The minimum absolute atomic E-state index is 0.0834. The van der Waals surface area contributed by atoms with E-state index in [1.54, 1.807) is 0 Å². The molecule has 0 saturated heterocycles. The Labute approximate surface area is 109 Å². The molecule has 0 aliphatic rings. The van der Waals surface area contributed by atoms with Crippen LogP contribution in [0.3, 0.4) is 0 Å². The normalized spacial score (nSPS) is 11.1. The Morgan fingerprint density at radius 2 is 1.61 bits per heavy atom. The van der Waals surface area contributed by atoms with Gasteiger partial charge in [0.1, 0.15) is 5.82 Å². The van der Waals surface area contributed by atoms with E-state index in [0.717, 1.165) is 18.7 Å². The standard InChI is InChI=1S/C14H26N2O2/c1-2-3-4-5-6-7-8-9-14-15-12(10-17)13(11-18)16-14/h17-18H,2-11H2,1H3,(H,15,16). The quantitative estimate of drug-likeness (QED) is 0.562. The lowest BCUT2D eigenvalue weighted by atomic mass is 10.1. The van der Waals surface area contributed by atoms with Gasteiger partial charge in [-0.2, -0.15) is 0 Å². The number of nitrogens with one attached hydrogen (secondary N) is 1. The van der Waals surface area contributed by atoms with Crippen LogP contribution in [0, 0.1) is 0 Å². The summed E-state index contributed by atoms with van der Waals surface area (Å²) >= 11 is 0. The van der Waals surface area contributed by atoms with Crippen molar-refractivity contribution in [1.29, 1.82) is 0 Å². The van der Waals surface area contributed by atoms with E-state index in [-0.39, 0.29) is 13.2 Å². The van der Waals surface area contributed by atoms with Crippen LogP contribution in [-0.4, -0.2) is 20.2 Å². The number of nitrogens with zero attached hydrogens (tertiary/aromatic N) is 1. The first kappa shape index (κ1) is 15.2. The number of unbranched alkanes of at least 4 members (excludes halogenated alkanes) is 6. The molecule has 0 aromatic carbocycles. The summed E-state index contributed by atoms with van der Waals surface area (Å²) in [4.78, 5) is 7.35. The summed E-state index contributed by atoms with van der Waals surface area (Å²) in [6.45, 7) is 2.04. The molecule has 1 aromatic rings. The second kappa shape index (κ2) is 9.11. The lowest BCUT2D eigenvalue weighted by molar-refractivity contribution is 0.255. The van der Waals surface area contributed by atoms with E-state index in [1.165, 1.54) is 38.5 Å². The number of aryl methyl sites for hydroxylation is 1. The molecule has 4 nitrogen and oxygen atoms in total. The van der Waals surface area contributed by atoms with Crippen LogP contribution in [0.5, 0.6) is 0 Å². The fourth-order valence-electron chi connectivity index (χ4n) is 2.13. The third-order valence-corrected chi connectivity index (χ3v) is 3.24. The van der Waals surface area contributed by atoms with Crippen LogP contribution in [0.25, 0.3) is 0 Å². The molecule has 0 saturated carbocycles. The minimum atomic E-state index is -0.108. The van der Waals surface area contributed by atoms with Crippen molar-refractivity contribution in [3.8, 4) is 0 Å². The molecule has 0 radical (unpaired) electrons. The fourth-order valence-corrected chi connectivity index (χ4v) is 2.13. The van der Waals surface area contributed by atoms with E-state index >= 15 is 0 Å². The van der Waals surface area contributed by atoms with Crippen molar-refractivity contribution < 1.29 is 10.2 Å². The molecule has 1 rings (SSSR count). The maximum Gasteiger partial charge on any atom is 0.106 e. The van der Waals surface area contributed by atoms with E-state index in [2.05, 4.69) is 16.9 Å². The van der Waals surface area contributed by atoms with E-state index in [9.17, 15) is 0 Å². The van der Waals surface area contributed by atoms with Gasteiger partial charge in [0.05, 0.1) is 24.6 Å². The van der Waals surface area contributed by atoms with Gasteiger partial charge in [-0.3, -0.25) is 0 Å². The molecule has 0 bridgehead atoms. The highest BCUT2D eigenvalue weighted by molar-refractivity contribution is 5.13. The lowest BCUT2D eigenvalue weighted by Gasteiger charge is -1.99. The summed E-state index contributed by atoms with van der Waals surface area (Å²) in [5.41, 5.74) is 1.23. The maximum absolute atomic E-state index is 9.07. The van der Waals surface area contributed by atoms with Crippen molar-refractivity contribution in [1.82, 2.24) is 9.97 Å². The summed E-state index contributed by atoms with van der Waals surface area (Å²) in [5.74, 6) is 0.886. The summed E-state index contributed by atoms with van der Waals surface area (Å²) in [5, 5.41) is 18.1. The van der Waals surface area contributed by atoms with Gasteiger partial charge in [0.15, 0.2) is 0 Å². The topological polar surface area (TPSA) is 69.1 Å². The molecule has 0 amide bonds. The molecule has 0 spiro atoms. The van der Waals surface area contributed by atoms with E-state index < -0.39 is 0 Å². The van der Waals surface area contributed by atoms with Crippen molar-refractivity contribution in [3.63, 3.8) is 0 Å². The number of hydrogen-bond donors (Lipinski definition) is 3. The molecule has 104 valence electrons. The number of aliphatic hydroxyl groups excluding tert-OH is 2. The molecular weight excluding hydrogens is 228 g/mol. The smallest absolute Gasteiger partial charge is 0.106 e. The number of imidazole rings is 1. The zero-order valence-electron chi connectivity index (χ0n) is 11.4. The SMILES string of the molecule is CCCCCCCCCc1nc(CO)c(CO)[nH]1. The predicted octanol–water partition coefficient (Wildman–Crippen LogP) is 2.69. The summed E-state index contributed by atoms with van der Waals surface area (Å²) in [6.07, 6.45) is 9.86. The third-order valence-electron chi connectivity index (χ3n) is 3.24. The molecule has 0 unspecified atom stereocenters. The average Bonchev–Trinajstić information content (AvgIpc) is 2.80. The van der Waals surface area contributed by atoms with Crippen LogP contribution in [0.2, 0.25) is 0 Å². The van der Waals surface area contributed by atoms with Crippen LogP contribution in [0.1, 0.15) is 69.1 Å². The Morgan fingerprint density at radius 1 is 0.944 bits per heavy atom. The van der Waals surface area contributed by atoms with Crippen LogP contribution < -0.4 is 0 Å². The van der Waals surface area contributed by atoms with Crippen LogP contribution in [0.4, 0.5) is 0 Å². The Morgan fingerprint density at radius 3 is 2.17 bits per heavy atom. The van der Waals surface area contributed by atoms with Gasteiger partial charge in [0.25, 0.3) is 0 Å². The first-order chi connectivity index (χ1) is 8.81. The fraction of sp³-hybridized carbons (Fsp3) is 0.786. The molecule has 18 heavy (non-hydrogen) atoms. The molecule has 3 N–H and O–H groups in total. The first-order valence-electron chi connectivity index (χ1n) is 7.10. The monoisotopic (exact) mass is 254 g/mol. The van der Waals surface area contributed by atoms with Gasteiger partial charge in [0, 0.05) is 6.42 Å². The molecule has 1 heterocycles. The number of aromatic nitrogens is 2. The molecule has 0 fully saturated rings. The molecule has 0 aliphatic carbocycles. The van der Waals surface area contributed by atoms with Crippen LogP contribution >= 0.6 is 0 Å². The summed E-state index contributed by atoms with van der Waals surface area (Å²) in [6, 6.07) is 0. The Kier molecular flexibility index (Phi) is 7.69. The van der Waals surface area contributed by atoms with Gasteiger partial charge in [-0.15, -0.1) is 0 Å². The van der Waals surface area contributed by atoms with Crippen molar-refractivity contribution in [3.05, 3.63) is 17.2 Å².